The molecule has 0 fully saturated rings. The zero-order chi connectivity index (χ0) is 18.1. The third-order valence-corrected chi connectivity index (χ3v) is 4.63. The summed E-state index contributed by atoms with van der Waals surface area (Å²) in [4.78, 5) is 0. The molecular weight excluding hydrogens is 292 g/mol. The van der Waals surface area contributed by atoms with E-state index in [1.165, 1.54) is 70.6 Å². The average Bonchev–Trinajstić information content (AvgIpc) is 2.51. The normalized spacial score (nSPS) is 13.7. The fourth-order valence-electron chi connectivity index (χ4n) is 2.79. The van der Waals surface area contributed by atoms with Crippen LogP contribution < -0.4 is 0 Å². The van der Waals surface area contributed by atoms with E-state index in [1.807, 2.05) is 0 Å². The Morgan fingerprint density at radius 3 is 2.21 bits per heavy atom. The summed E-state index contributed by atoms with van der Waals surface area (Å²) in [6.45, 7) is 13.3. The van der Waals surface area contributed by atoms with Gasteiger partial charge in [0.05, 0.1) is 0 Å². The van der Waals surface area contributed by atoms with Gasteiger partial charge in [0, 0.05) is 13.2 Å². The summed E-state index contributed by atoms with van der Waals surface area (Å²) >= 11 is 0. The van der Waals surface area contributed by atoms with Crippen molar-refractivity contribution >= 4 is 0 Å². The van der Waals surface area contributed by atoms with Gasteiger partial charge in [-0.05, 0) is 43.4 Å². The lowest BCUT2D eigenvalue weighted by Gasteiger charge is -2.17. The fraction of sp³-hybridized carbons (Fsp3) is 0.913. The molecule has 0 spiro atoms. The molecule has 0 saturated carbocycles. The van der Waals surface area contributed by atoms with Crippen molar-refractivity contribution in [2.24, 2.45) is 11.3 Å². The van der Waals surface area contributed by atoms with Crippen LogP contribution in [0.4, 0.5) is 0 Å². The Morgan fingerprint density at radius 2 is 1.50 bits per heavy atom. The third kappa shape index (κ3) is 19.7. The van der Waals surface area contributed by atoms with Crippen molar-refractivity contribution in [1.82, 2.24) is 0 Å². The zero-order valence-electron chi connectivity index (χ0n) is 17.5. The van der Waals surface area contributed by atoms with Gasteiger partial charge >= 0.3 is 0 Å². The van der Waals surface area contributed by atoms with Gasteiger partial charge in [-0.15, -0.1) is 0 Å². The first-order chi connectivity index (χ1) is 11.5. The van der Waals surface area contributed by atoms with Gasteiger partial charge in [-0.1, -0.05) is 91.7 Å². The first-order valence-electron chi connectivity index (χ1n) is 10.7. The van der Waals surface area contributed by atoms with Crippen molar-refractivity contribution in [2.75, 3.05) is 13.2 Å². The second-order valence-electron chi connectivity index (χ2n) is 8.73. The second-order valence-corrected chi connectivity index (χ2v) is 8.73. The van der Waals surface area contributed by atoms with E-state index >= 15 is 0 Å². The van der Waals surface area contributed by atoms with Crippen molar-refractivity contribution in [3.05, 3.63) is 12.2 Å². The van der Waals surface area contributed by atoms with E-state index < -0.39 is 0 Å². The SMILES string of the molecule is CCCCCCC/C=C/C(C)CCCCCCOCCC(C)(C)C. The molecule has 0 aliphatic rings. The molecular formula is C23H46O. The molecule has 0 amide bonds. The molecule has 0 radical (unpaired) electrons. The molecule has 0 aromatic carbocycles. The van der Waals surface area contributed by atoms with Crippen LogP contribution in [0.15, 0.2) is 12.2 Å². The summed E-state index contributed by atoms with van der Waals surface area (Å²) in [5.41, 5.74) is 0.402. The van der Waals surface area contributed by atoms with Gasteiger partial charge in [-0.2, -0.15) is 0 Å². The topological polar surface area (TPSA) is 9.23 Å². The first-order valence-corrected chi connectivity index (χ1v) is 10.7. The molecule has 0 aromatic rings. The van der Waals surface area contributed by atoms with E-state index in [0.29, 0.717) is 5.41 Å². The largest absolute Gasteiger partial charge is 0.381 e. The van der Waals surface area contributed by atoms with Crippen LogP contribution in [-0.2, 0) is 4.74 Å². The zero-order valence-corrected chi connectivity index (χ0v) is 17.5. The highest BCUT2D eigenvalue weighted by Crippen LogP contribution is 2.18. The third-order valence-electron chi connectivity index (χ3n) is 4.63. The van der Waals surface area contributed by atoms with Crippen LogP contribution in [0.5, 0.6) is 0 Å². The Labute approximate surface area is 153 Å². The van der Waals surface area contributed by atoms with Crippen LogP contribution in [0, 0.1) is 11.3 Å². The van der Waals surface area contributed by atoms with Gasteiger partial charge < -0.3 is 4.74 Å². The molecule has 0 N–H and O–H groups in total. The van der Waals surface area contributed by atoms with Crippen LogP contribution in [0.1, 0.15) is 112 Å². The quantitative estimate of drug-likeness (QED) is 0.205. The summed E-state index contributed by atoms with van der Waals surface area (Å²) in [7, 11) is 0. The van der Waals surface area contributed by atoms with E-state index in [-0.39, 0.29) is 0 Å². The van der Waals surface area contributed by atoms with Crippen LogP contribution in [0.25, 0.3) is 0 Å². The first kappa shape index (κ1) is 23.7. The molecule has 0 saturated heterocycles. The number of hydrogen-bond donors (Lipinski definition) is 0. The van der Waals surface area contributed by atoms with Gasteiger partial charge in [0.2, 0.25) is 0 Å². The van der Waals surface area contributed by atoms with Crippen molar-refractivity contribution < 1.29 is 4.74 Å². The van der Waals surface area contributed by atoms with Gasteiger partial charge in [0.25, 0.3) is 0 Å². The average molecular weight is 339 g/mol. The lowest BCUT2D eigenvalue weighted by atomic mass is 9.93. The van der Waals surface area contributed by atoms with Crippen molar-refractivity contribution in [2.45, 2.75) is 112 Å². The van der Waals surface area contributed by atoms with E-state index in [2.05, 4.69) is 46.8 Å². The summed E-state index contributed by atoms with van der Waals surface area (Å²) in [6, 6.07) is 0. The molecule has 1 heteroatoms. The van der Waals surface area contributed by atoms with E-state index in [9.17, 15) is 0 Å². The van der Waals surface area contributed by atoms with Gasteiger partial charge in [-0.25, -0.2) is 0 Å². The number of hydrogen-bond acceptors (Lipinski definition) is 1. The Bertz CT molecular complexity index is 274. The van der Waals surface area contributed by atoms with Crippen LogP contribution in [-0.4, -0.2) is 13.2 Å². The Morgan fingerprint density at radius 1 is 0.833 bits per heavy atom. The summed E-state index contributed by atoms with van der Waals surface area (Å²) in [6.07, 6.45) is 20.9. The maximum absolute atomic E-state index is 5.73. The Kier molecular flexibility index (Phi) is 16.0. The highest BCUT2D eigenvalue weighted by Gasteiger charge is 2.08. The maximum Gasteiger partial charge on any atom is 0.0471 e. The van der Waals surface area contributed by atoms with Crippen LogP contribution >= 0.6 is 0 Å². The van der Waals surface area contributed by atoms with Gasteiger partial charge in [-0.3, -0.25) is 0 Å². The fourth-order valence-corrected chi connectivity index (χ4v) is 2.79. The molecule has 1 atom stereocenters. The molecule has 0 aliphatic carbocycles. The molecule has 144 valence electrons. The second kappa shape index (κ2) is 16.2. The smallest absolute Gasteiger partial charge is 0.0471 e. The summed E-state index contributed by atoms with van der Waals surface area (Å²) < 4.78 is 5.73. The van der Waals surface area contributed by atoms with E-state index in [1.54, 1.807) is 0 Å². The lowest BCUT2D eigenvalue weighted by molar-refractivity contribution is 0.105. The standard InChI is InChI=1S/C23H46O/c1-6-7-8-9-10-11-14-17-22(2)18-15-12-13-16-20-24-21-19-23(3,4)5/h14,17,22H,6-13,15-16,18-21H2,1-5H3/b17-14+. The lowest BCUT2D eigenvalue weighted by Crippen LogP contribution is -2.09. The minimum Gasteiger partial charge on any atom is -0.381 e. The van der Waals surface area contributed by atoms with Crippen molar-refractivity contribution in [3.63, 3.8) is 0 Å². The number of ether oxygens (including phenoxy) is 1. The molecule has 1 unspecified atom stereocenters. The molecule has 0 heterocycles. The maximum atomic E-state index is 5.73. The number of allylic oxidation sites excluding steroid dienone is 2. The minimum absolute atomic E-state index is 0.402. The predicted octanol–water partition coefficient (Wildman–Crippen LogP) is 7.94. The molecule has 0 rings (SSSR count). The highest BCUT2D eigenvalue weighted by atomic mass is 16.5. The highest BCUT2D eigenvalue weighted by molar-refractivity contribution is 4.86. The van der Waals surface area contributed by atoms with Gasteiger partial charge in [0.15, 0.2) is 0 Å². The van der Waals surface area contributed by atoms with E-state index in [0.717, 1.165) is 25.6 Å². The Hall–Kier alpha value is -0.300. The van der Waals surface area contributed by atoms with Crippen molar-refractivity contribution in [3.8, 4) is 0 Å². The minimum atomic E-state index is 0.402. The van der Waals surface area contributed by atoms with Crippen molar-refractivity contribution in [1.29, 1.82) is 0 Å². The Balaban J connectivity index is 3.29. The molecule has 24 heavy (non-hydrogen) atoms. The van der Waals surface area contributed by atoms with E-state index in [4.69, 9.17) is 4.74 Å². The molecule has 0 aliphatic heterocycles. The molecule has 0 aromatic heterocycles. The number of rotatable bonds is 16. The monoisotopic (exact) mass is 338 g/mol. The summed E-state index contributed by atoms with van der Waals surface area (Å²) in [5.74, 6) is 0.753. The van der Waals surface area contributed by atoms with Crippen LogP contribution in [0.2, 0.25) is 0 Å². The van der Waals surface area contributed by atoms with Crippen LogP contribution in [0.3, 0.4) is 0 Å². The number of unbranched alkanes of at least 4 members (excludes halogenated alkanes) is 8. The predicted molar refractivity (Wildman–Crippen MR) is 110 cm³/mol. The molecule has 0 bridgehead atoms. The van der Waals surface area contributed by atoms with Gasteiger partial charge in [0.1, 0.15) is 0 Å². The summed E-state index contributed by atoms with van der Waals surface area (Å²) in [5, 5.41) is 0. The molecule has 1 nitrogen and oxygen atoms in total.